The monoisotopic (exact) mass is 411 g/mol. The first-order valence-corrected chi connectivity index (χ1v) is 12.5. The lowest BCUT2D eigenvalue weighted by atomic mass is 9.87. The molecule has 1 aromatic rings. The van der Waals surface area contributed by atoms with Crippen molar-refractivity contribution in [1.29, 1.82) is 0 Å². The number of benzene rings is 1. The molecule has 0 aromatic heterocycles. The third kappa shape index (κ3) is 5.48. The van der Waals surface area contributed by atoms with Crippen molar-refractivity contribution in [3.05, 3.63) is 29.8 Å². The maximum absolute atomic E-state index is 12.5. The number of nitrogens with one attached hydrogen (secondary N) is 1. The average molecular weight is 412 g/mol. The van der Waals surface area contributed by atoms with Crippen LogP contribution in [0.25, 0.3) is 0 Å². The summed E-state index contributed by atoms with van der Waals surface area (Å²) in [6.07, 6.45) is 0.770. The Morgan fingerprint density at radius 1 is 1.19 bits per heavy atom. The van der Waals surface area contributed by atoms with E-state index in [0.717, 1.165) is 37.5 Å². The van der Waals surface area contributed by atoms with Crippen LogP contribution in [0.15, 0.2) is 29.2 Å². The van der Waals surface area contributed by atoms with Gasteiger partial charge in [0.25, 0.3) is 0 Å². The van der Waals surface area contributed by atoms with E-state index in [4.69, 9.17) is 0 Å². The van der Waals surface area contributed by atoms with E-state index in [-0.39, 0.29) is 17.4 Å². The Hall–Kier alpha value is -1.05. The summed E-state index contributed by atoms with van der Waals surface area (Å²) in [5, 5.41) is 0. The summed E-state index contributed by atoms with van der Waals surface area (Å²) < 4.78 is 23.3. The lowest BCUT2D eigenvalue weighted by Crippen LogP contribution is -3.18. The summed E-state index contributed by atoms with van der Waals surface area (Å²) in [5.41, 5.74) is 1.44. The molecule has 0 saturated carbocycles. The van der Waals surface area contributed by atoms with Gasteiger partial charge < -0.3 is 9.80 Å². The molecule has 2 fully saturated rings. The van der Waals surface area contributed by atoms with Crippen LogP contribution in [-0.4, -0.2) is 68.7 Å². The molecule has 150 valence electrons. The number of piperazine rings is 1. The van der Waals surface area contributed by atoms with Crippen LogP contribution in [-0.2, 0) is 20.0 Å². The molecule has 0 spiro atoms. The Morgan fingerprint density at radius 3 is 2.33 bits per heavy atom. The van der Waals surface area contributed by atoms with Gasteiger partial charge in [-0.15, -0.1) is 11.8 Å². The maximum Gasteiger partial charge on any atom is 0.233 e. The van der Waals surface area contributed by atoms with Gasteiger partial charge in [0.05, 0.1) is 37.7 Å². The first-order valence-electron chi connectivity index (χ1n) is 9.70. The van der Waals surface area contributed by atoms with E-state index in [0.29, 0.717) is 17.3 Å². The van der Waals surface area contributed by atoms with Crippen LogP contribution in [0.3, 0.4) is 0 Å². The SMILES string of the molecule is CC(C)(C)c1ccc(SCC(=O)N2CC[NH+]([C@H]3CCS(=O)(=O)C3)CC2)cc1. The van der Waals surface area contributed by atoms with E-state index in [9.17, 15) is 13.2 Å². The molecule has 5 nitrogen and oxygen atoms in total. The fourth-order valence-electron chi connectivity index (χ4n) is 3.86. The summed E-state index contributed by atoms with van der Waals surface area (Å²) >= 11 is 1.59. The zero-order valence-corrected chi connectivity index (χ0v) is 18.2. The summed E-state index contributed by atoms with van der Waals surface area (Å²) in [7, 11) is -2.83. The molecule has 0 unspecified atom stereocenters. The molecule has 0 bridgehead atoms. The predicted molar refractivity (Wildman–Crippen MR) is 110 cm³/mol. The Kier molecular flexibility index (Phi) is 6.23. The van der Waals surface area contributed by atoms with Crippen LogP contribution in [0.4, 0.5) is 0 Å². The van der Waals surface area contributed by atoms with Gasteiger partial charge in [-0.2, -0.15) is 0 Å². The number of quaternary nitrogens is 1. The molecular formula is C20H31N2O3S2+. The molecule has 1 aromatic carbocycles. The molecule has 1 N–H and O–H groups in total. The smallest absolute Gasteiger partial charge is 0.233 e. The normalized spacial score (nSPS) is 23.5. The number of carbonyl (C=O) groups excluding carboxylic acids is 1. The summed E-state index contributed by atoms with van der Waals surface area (Å²) in [6.45, 7) is 9.76. The second kappa shape index (κ2) is 8.13. The Bertz CT molecular complexity index is 761. The van der Waals surface area contributed by atoms with Gasteiger partial charge in [0, 0.05) is 11.3 Å². The molecule has 2 aliphatic rings. The van der Waals surface area contributed by atoms with Gasteiger partial charge >= 0.3 is 0 Å². The van der Waals surface area contributed by atoms with E-state index >= 15 is 0 Å². The van der Waals surface area contributed by atoms with Crippen molar-refractivity contribution in [2.45, 2.75) is 43.5 Å². The lowest BCUT2D eigenvalue weighted by Gasteiger charge is -2.35. The van der Waals surface area contributed by atoms with Gasteiger partial charge in [-0.25, -0.2) is 8.42 Å². The number of amides is 1. The third-order valence-corrected chi connectivity index (χ3v) is 8.42. The Balaban J connectivity index is 1.44. The highest BCUT2D eigenvalue weighted by atomic mass is 32.2. The highest BCUT2D eigenvalue weighted by Gasteiger charge is 2.37. The molecule has 2 heterocycles. The first kappa shape index (κ1) is 20.7. The van der Waals surface area contributed by atoms with Crippen molar-refractivity contribution >= 4 is 27.5 Å². The molecule has 2 saturated heterocycles. The number of carbonyl (C=O) groups is 1. The number of sulfone groups is 1. The molecule has 0 radical (unpaired) electrons. The van der Waals surface area contributed by atoms with Crippen LogP contribution in [0, 0.1) is 0 Å². The molecule has 1 amide bonds. The van der Waals surface area contributed by atoms with E-state index in [1.54, 1.807) is 11.8 Å². The maximum atomic E-state index is 12.5. The third-order valence-electron chi connectivity index (χ3n) is 5.65. The first-order chi connectivity index (χ1) is 12.6. The van der Waals surface area contributed by atoms with Gasteiger partial charge in [-0.05, 0) is 23.1 Å². The molecule has 0 aliphatic carbocycles. The molecule has 3 rings (SSSR count). The fourth-order valence-corrected chi connectivity index (χ4v) is 6.48. The number of hydrogen-bond donors (Lipinski definition) is 1. The van der Waals surface area contributed by atoms with Crippen molar-refractivity contribution in [3.8, 4) is 0 Å². The van der Waals surface area contributed by atoms with Crippen LogP contribution in [0.2, 0.25) is 0 Å². The second-order valence-corrected chi connectivity index (χ2v) is 12.0. The predicted octanol–water partition coefficient (Wildman–Crippen LogP) is 0.990. The number of nitrogens with zero attached hydrogens (tertiary/aromatic N) is 1. The van der Waals surface area contributed by atoms with Crippen LogP contribution in [0.5, 0.6) is 0 Å². The van der Waals surface area contributed by atoms with Crippen molar-refractivity contribution < 1.29 is 18.1 Å². The van der Waals surface area contributed by atoms with Gasteiger partial charge in [0.1, 0.15) is 11.8 Å². The van der Waals surface area contributed by atoms with E-state index in [1.165, 1.54) is 10.5 Å². The van der Waals surface area contributed by atoms with Crippen molar-refractivity contribution in [2.24, 2.45) is 0 Å². The van der Waals surface area contributed by atoms with E-state index in [2.05, 4.69) is 45.0 Å². The van der Waals surface area contributed by atoms with Crippen LogP contribution in [0.1, 0.15) is 32.8 Å². The molecule has 2 aliphatic heterocycles. The van der Waals surface area contributed by atoms with Gasteiger partial charge in [-0.1, -0.05) is 32.9 Å². The second-order valence-electron chi connectivity index (χ2n) is 8.70. The highest BCUT2D eigenvalue weighted by molar-refractivity contribution is 8.00. The molecule has 27 heavy (non-hydrogen) atoms. The lowest BCUT2D eigenvalue weighted by molar-refractivity contribution is -0.925. The van der Waals surface area contributed by atoms with Crippen molar-refractivity contribution in [3.63, 3.8) is 0 Å². The Labute approximate surface area is 167 Å². The van der Waals surface area contributed by atoms with E-state index < -0.39 is 9.84 Å². The topological polar surface area (TPSA) is 58.9 Å². The van der Waals surface area contributed by atoms with E-state index in [1.807, 2.05) is 4.90 Å². The molecule has 7 heteroatoms. The summed E-state index contributed by atoms with van der Waals surface area (Å²) in [4.78, 5) is 16.9. The average Bonchev–Trinajstić information content (AvgIpc) is 2.99. The summed E-state index contributed by atoms with van der Waals surface area (Å²) in [6, 6.07) is 8.71. The zero-order valence-electron chi connectivity index (χ0n) is 16.5. The number of rotatable bonds is 4. The van der Waals surface area contributed by atoms with Crippen molar-refractivity contribution in [2.75, 3.05) is 43.4 Å². The van der Waals surface area contributed by atoms with Crippen LogP contribution >= 0.6 is 11.8 Å². The number of hydrogen-bond acceptors (Lipinski definition) is 4. The minimum Gasteiger partial charge on any atom is -0.331 e. The quantitative estimate of drug-likeness (QED) is 0.751. The van der Waals surface area contributed by atoms with Crippen molar-refractivity contribution in [1.82, 2.24) is 4.90 Å². The molecule has 1 atom stereocenters. The van der Waals surface area contributed by atoms with Crippen LogP contribution < -0.4 is 4.90 Å². The fraction of sp³-hybridized carbons (Fsp3) is 0.650. The standard InChI is InChI=1S/C20H30N2O3S2/c1-20(2,3)16-4-6-18(7-5-16)26-14-19(23)22-11-9-21(10-12-22)17-8-13-27(24,25)15-17/h4-7,17H,8-15H2,1-3H3/p+1/t17-/m0/s1. The number of thioether (sulfide) groups is 1. The van der Waals surface area contributed by atoms with Gasteiger partial charge in [-0.3, -0.25) is 4.79 Å². The van der Waals surface area contributed by atoms with Gasteiger partial charge in [0.2, 0.25) is 5.91 Å². The summed E-state index contributed by atoms with van der Waals surface area (Å²) in [5.74, 6) is 1.28. The van der Waals surface area contributed by atoms with Gasteiger partial charge in [0.15, 0.2) is 9.84 Å². The zero-order chi connectivity index (χ0) is 19.7. The largest absolute Gasteiger partial charge is 0.331 e. The minimum atomic E-state index is -2.83. The minimum absolute atomic E-state index is 0.139. The Morgan fingerprint density at radius 2 is 1.81 bits per heavy atom. The highest BCUT2D eigenvalue weighted by Crippen LogP contribution is 2.25. The molecular weight excluding hydrogens is 380 g/mol.